The number of nitrogens with zero attached hydrogens (tertiary/aromatic N) is 1. The molecule has 0 saturated heterocycles. The van der Waals surface area contributed by atoms with Gasteiger partial charge in [0.15, 0.2) is 0 Å². The molecule has 2 aromatic carbocycles. The van der Waals surface area contributed by atoms with Crippen LogP contribution in [0.15, 0.2) is 42.5 Å². The molecule has 0 unspecified atom stereocenters. The number of carbonyl (C=O) groups is 1. The van der Waals surface area contributed by atoms with Crippen LogP contribution < -0.4 is 10.6 Å². The van der Waals surface area contributed by atoms with Crippen molar-refractivity contribution in [2.24, 2.45) is 0 Å². The van der Waals surface area contributed by atoms with Crippen LogP contribution in [0.2, 0.25) is 0 Å². The van der Waals surface area contributed by atoms with Gasteiger partial charge in [0.25, 0.3) is 5.69 Å². The van der Waals surface area contributed by atoms with Gasteiger partial charge in [0.1, 0.15) is 11.7 Å². The average molecular weight is 381 g/mol. The highest BCUT2D eigenvalue weighted by molar-refractivity contribution is 5.96. The minimum absolute atomic E-state index is 0.169. The molecular formula is C18H18F3N3O3. The van der Waals surface area contributed by atoms with Gasteiger partial charge < -0.3 is 10.6 Å². The van der Waals surface area contributed by atoms with Crippen molar-refractivity contribution in [2.75, 3.05) is 10.6 Å². The lowest BCUT2D eigenvalue weighted by Crippen LogP contribution is -2.32. The fourth-order valence-corrected chi connectivity index (χ4v) is 2.40. The van der Waals surface area contributed by atoms with E-state index in [0.29, 0.717) is 11.8 Å². The highest BCUT2D eigenvalue weighted by Crippen LogP contribution is 2.35. The molecule has 0 spiro atoms. The number of alkyl halides is 3. The number of aryl methyl sites for hydroxylation is 1. The summed E-state index contributed by atoms with van der Waals surface area (Å²) in [6.45, 7) is 3.43. The maximum absolute atomic E-state index is 12.8. The topological polar surface area (TPSA) is 84.3 Å². The predicted molar refractivity (Wildman–Crippen MR) is 95.6 cm³/mol. The van der Waals surface area contributed by atoms with E-state index in [9.17, 15) is 28.1 Å². The summed E-state index contributed by atoms with van der Waals surface area (Å²) in [6.07, 6.45) is -3.91. The van der Waals surface area contributed by atoms with E-state index in [0.717, 1.165) is 24.1 Å². The number of rotatable bonds is 6. The third-order valence-electron chi connectivity index (χ3n) is 3.89. The van der Waals surface area contributed by atoms with E-state index in [-0.39, 0.29) is 5.69 Å². The Kier molecular flexibility index (Phi) is 6.04. The number of nitrogens with one attached hydrogen (secondary N) is 2. The Balaban J connectivity index is 2.17. The Morgan fingerprint density at radius 1 is 1.22 bits per heavy atom. The molecule has 1 atom stereocenters. The number of halogens is 3. The molecule has 0 bridgehead atoms. The molecule has 0 aliphatic heterocycles. The van der Waals surface area contributed by atoms with Crippen molar-refractivity contribution in [3.63, 3.8) is 0 Å². The molecule has 2 rings (SSSR count). The van der Waals surface area contributed by atoms with Gasteiger partial charge in [-0.25, -0.2) is 0 Å². The van der Waals surface area contributed by atoms with Crippen LogP contribution in [-0.2, 0) is 17.4 Å². The van der Waals surface area contributed by atoms with E-state index < -0.39 is 34.3 Å². The van der Waals surface area contributed by atoms with E-state index in [1.807, 2.05) is 13.0 Å². The third-order valence-corrected chi connectivity index (χ3v) is 3.89. The molecule has 9 heteroatoms. The molecule has 2 aromatic rings. The van der Waals surface area contributed by atoms with Gasteiger partial charge >= 0.3 is 6.18 Å². The summed E-state index contributed by atoms with van der Waals surface area (Å²) in [5.41, 5.74) is -0.467. The lowest BCUT2D eigenvalue weighted by molar-refractivity contribution is -0.384. The maximum Gasteiger partial charge on any atom is 0.416 e. The predicted octanol–water partition coefficient (Wildman–Crippen LogP) is 4.62. The average Bonchev–Trinajstić information content (AvgIpc) is 2.60. The van der Waals surface area contributed by atoms with Crippen LogP contribution in [0.1, 0.15) is 25.0 Å². The molecule has 0 radical (unpaired) electrons. The summed E-state index contributed by atoms with van der Waals surface area (Å²) in [7, 11) is 0. The number of benzene rings is 2. The zero-order valence-electron chi connectivity index (χ0n) is 14.6. The standard InChI is InChI=1S/C18H18F3N3O3/c1-3-12-5-4-6-14(9-12)23-17(25)11(2)22-15-8-7-13(18(19,20)21)10-16(15)24(26)27/h4-11,22H,3H2,1-2H3,(H,23,25)/t11-/m0/s1. The first kappa shape index (κ1) is 20.2. The van der Waals surface area contributed by atoms with Gasteiger partial charge in [-0.05, 0) is 43.2 Å². The van der Waals surface area contributed by atoms with Gasteiger partial charge in [0.2, 0.25) is 5.91 Å². The van der Waals surface area contributed by atoms with Gasteiger partial charge in [-0.2, -0.15) is 13.2 Å². The molecule has 0 aromatic heterocycles. The molecule has 1 amide bonds. The van der Waals surface area contributed by atoms with Crippen molar-refractivity contribution in [3.05, 3.63) is 63.7 Å². The Morgan fingerprint density at radius 3 is 2.52 bits per heavy atom. The number of nitro benzene ring substituents is 1. The second kappa shape index (κ2) is 8.07. The van der Waals surface area contributed by atoms with Crippen molar-refractivity contribution < 1.29 is 22.9 Å². The van der Waals surface area contributed by atoms with Gasteiger partial charge in [0, 0.05) is 11.8 Å². The molecule has 6 nitrogen and oxygen atoms in total. The zero-order valence-corrected chi connectivity index (χ0v) is 14.6. The van der Waals surface area contributed by atoms with E-state index in [4.69, 9.17) is 0 Å². The summed E-state index contributed by atoms with van der Waals surface area (Å²) < 4.78 is 38.3. The molecule has 144 valence electrons. The van der Waals surface area contributed by atoms with Crippen molar-refractivity contribution >= 4 is 23.0 Å². The molecule has 0 fully saturated rings. The maximum atomic E-state index is 12.8. The highest BCUT2D eigenvalue weighted by Gasteiger charge is 2.33. The second-order valence-corrected chi connectivity index (χ2v) is 5.90. The van der Waals surface area contributed by atoms with Crippen LogP contribution in [-0.4, -0.2) is 16.9 Å². The van der Waals surface area contributed by atoms with Crippen molar-refractivity contribution in [3.8, 4) is 0 Å². The fourth-order valence-electron chi connectivity index (χ4n) is 2.40. The Hall–Kier alpha value is -3.10. The van der Waals surface area contributed by atoms with E-state index in [1.165, 1.54) is 6.92 Å². The van der Waals surface area contributed by atoms with Crippen LogP contribution in [0.25, 0.3) is 0 Å². The fraction of sp³-hybridized carbons (Fsp3) is 0.278. The molecule has 2 N–H and O–H groups in total. The number of amides is 1. The van der Waals surface area contributed by atoms with Gasteiger partial charge in [-0.15, -0.1) is 0 Å². The first-order valence-electron chi connectivity index (χ1n) is 8.13. The minimum Gasteiger partial charge on any atom is -0.368 e. The Labute approximate surface area is 153 Å². The largest absolute Gasteiger partial charge is 0.416 e. The second-order valence-electron chi connectivity index (χ2n) is 5.90. The van der Waals surface area contributed by atoms with Crippen molar-refractivity contribution in [2.45, 2.75) is 32.5 Å². The first-order chi connectivity index (χ1) is 12.6. The van der Waals surface area contributed by atoms with Crippen LogP contribution in [0.3, 0.4) is 0 Å². The van der Waals surface area contributed by atoms with Crippen LogP contribution in [0, 0.1) is 10.1 Å². The minimum atomic E-state index is -4.70. The summed E-state index contributed by atoms with van der Waals surface area (Å²) in [5, 5.41) is 16.4. The number of hydrogen-bond donors (Lipinski definition) is 2. The molecule has 27 heavy (non-hydrogen) atoms. The van der Waals surface area contributed by atoms with Crippen molar-refractivity contribution in [1.29, 1.82) is 0 Å². The number of nitro groups is 1. The van der Waals surface area contributed by atoms with Gasteiger partial charge in [-0.1, -0.05) is 19.1 Å². The van der Waals surface area contributed by atoms with E-state index in [1.54, 1.807) is 18.2 Å². The van der Waals surface area contributed by atoms with Gasteiger partial charge in [-0.3, -0.25) is 14.9 Å². The number of hydrogen-bond acceptors (Lipinski definition) is 4. The first-order valence-corrected chi connectivity index (χ1v) is 8.13. The van der Waals surface area contributed by atoms with Gasteiger partial charge in [0.05, 0.1) is 10.5 Å². The normalized spacial score (nSPS) is 12.3. The summed E-state index contributed by atoms with van der Waals surface area (Å²) >= 11 is 0. The Morgan fingerprint density at radius 2 is 1.93 bits per heavy atom. The van der Waals surface area contributed by atoms with Crippen LogP contribution >= 0.6 is 0 Å². The zero-order chi connectivity index (χ0) is 20.2. The highest BCUT2D eigenvalue weighted by atomic mass is 19.4. The van der Waals surface area contributed by atoms with E-state index in [2.05, 4.69) is 10.6 Å². The lowest BCUT2D eigenvalue weighted by atomic mass is 10.1. The smallest absolute Gasteiger partial charge is 0.368 e. The van der Waals surface area contributed by atoms with E-state index >= 15 is 0 Å². The SMILES string of the molecule is CCc1cccc(NC(=O)[C@H](C)Nc2ccc(C(F)(F)F)cc2[N+](=O)[O-])c1. The summed E-state index contributed by atoms with van der Waals surface area (Å²) in [6, 6.07) is 8.39. The lowest BCUT2D eigenvalue weighted by Gasteiger charge is -2.16. The summed E-state index contributed by atoms with van der Waals surface area (Å²) in [4.78, 5) is 22.5. The van der Waals surface area contributed by atoms with Crippen molar-refractivity contribution in [1.82, 2.24) is 0 Å². The number of anilines is 2. The third kappa shape index (κ3) is 5.19. The monoisotopic (exact) mass is 381 g/mol. The van der Waals surface area contributed by atoms with Crippen LogP contribution in [0.5, 0.6) is 0 Å². The molecule has 0 saturated carbocycles. The molecule has 0 heterocycles. The molecular weight excluding hydrogens is 363 g/mol. The number of carbonyl (C=O) groups excluding carboxylic acids is 1. The molecule has 0 aliphatic rings. The Bertz CT molecular complexity index is 853. The molecule has 0 aliphatic carbocycles. The summed E-state index contributed by atoms with van der Waals surface area (Å²) in [5.74, 6) is -0.475. The quantitative estimate of drug-likeness (QED) is 0.565. The van der Waals surface area contributed by atoms with Crippen LogP contribution in [0.4, 0.5) is 30.2 Å².